The predicted molar refractivity (Wildman–Crippen MR) is 82.2 cm³/mol. The maximum Gasteiger partial charge on any atom is 0.225 e. The zero-order valence-corrected chi connectivity index (χ0v) is 12.2. The molecular formula is C16H23N3O2. The zero-order valence-electron chi connectivity index (χ0n) is 12.2. The van der Waals surface area contributed by atoms with Crippen molar-refractivity contribution in [3.05, 3.63) is 24.3 Å². The van der Waals surface area contributed by atoms with Crippen molar-refractivity contribution < 1.29 is 9.90 Å². The van der Waals surface area contributed by atoms with E-state index in [4.69, 9.17) is 5.73 Å². The minimum Gasteiger partial charge on any atom is -0.508 e. The summed E-state index contributed by atoms with van der Waals surface area (Å²) in [5, 5.41) is 9.33. The lowest BCUT2D eigenvalue weighted by molar-refractivity contribution is -0.135. The highest BCUT2D eigenvalue weighted by atomic mass is 16.3. The third-order valence-corrected chi connectivity index (χ3v) is 4.63. The van der Waals surface area contributed by atoms with Gasteiger partial charge in [-0.3, -0.25) is 4.79 Å². The molecule has 1 aromatic rings. The fourth-order valence-electron chi connectivity index (χ4n) is 3.35. The number of benzene rings is 1. The van der Waals surface area contributed by atoms with Crippen LogP contribution in [-0.2, 0) is 4.79 Å². The van der Waals surface area contributed by atoms with Gasteiger partial charge in [-0.2, -0.15) is 0 Å². The number of aromatic hydroxyl groups is 1. The van der Waals surface area contributed by atoms with Gasteiger partial charge >= 0.3 is 0 Å². The summed E-state index contributed by atoms with van der Waals surface area (Å²) in [5.74, 6) is 0.707. The van der Waals surface area contributed by atoms with E-state index in [1.54, 1.807) is 12.1 Å². The predicted octanol–water partition coefficient (Wildman–Crippen LogP) is 1.17. The van der Waals surface area contributed by atoms with Crippen LogP contribution in [0.5, 0.6) is 5.75 Å². The highest BCUT2D eigenvalue weighted by Crippen LogP contribution is 2.27. The summed E-state index contributed by atoms with van der Waals surface area (Å²) in [7, 11) is 0. The monoisotopic (exact) mass is 289 g/mol. The van der Waals surface area contributed by atoms with Crippen molar-refractivity contribution in [2.24, 2.45) is 11.7 Å². The van der Waals surface area contributed by atoms with E-state index >= 15 is 0 Å². The summed E-state index contributed by atoms with van der Waals surface area (Å²) in [6.45, 7) is 3.22. The maximum atomic E-state index is 12.5. The van der Waals surface area contributed by atoms with Gasteiger partial charge in [0.05, 0.1) is 0 Å². The highest BCUT2D eigenvalue weighted by Gasteiger charge is 2.32. The fourth-order valence-corrected chi connectivity index (χ4v) is 3.35. The average molecular weight is 289 g/mol. The molecule has 1 saturated heterocycles. The Morgan fingerprint density at radius 2 is 1.76 bits per heavy atom. The number of phenols is 1. The van der Waals surface area contributed by atoms with Crippen LogP contribution < -0.4 is 10.6 Å². The topological polar surface area (TPSA) is 69.8 Å². The molecule has 1 amide bonds. The molecule has 0 aromatic heterocycles. The van der Waals surface area contributed by atoms with E-state index in [1.165, 1.54) is 0 Å². The van der Waals surface area contributed by atoms with E-state index in [-0.39, 0.29) is 23.6 Å². The minimum atomic E-state index is 0.139. The van der Waals surface area contributed by atoms with Gasteiger partial charge in [-0.1, -0.05) is 0 Å². The van der Waals surface area contributed by atoms with Gasteiger partial charge in [0, 0.05) is 43.8 Å². The standard InChI is InChI=1S/C16H23N3O2/c17-13-2-1-12(11-13)16(21)19-9-7-18(8-10-19)14-3-5-15(20)6-4-14/h3-6,12-13,20H,1-2,7-11,17H2. The van der Waals surface area contributed by atoms with E-state index in [0.717, 1.165) is 51.1 Å². The Labute approximate surface area is 125 Å². The molecular weight excluding hydrogens is 266 g/mol. The van der Waals surface area contributed by atoms with Gasteiger partial charge < -0.3 is 20.6 Å². The molecule has 2 aliphatic rings. The number of hydrogen-bond acceptors (Lipinski definition) is 4. The molecule has 2 unspecified atom stereocenters. The molecule has 2 atom stereocenters. The number of phenolic OH excluding ortho intramolecular Hbond substituents is 1. The largest absolute Gasteiger partial charge is 0.508 e. The molecule has 0 bridgehead atoms. The molecule has 21 heavy (non-hydrogen) atoms. The number of amides is 1. The van der Waals surface area contributed by atoms with E-state index in [9.17, 15) is 9.90 Å². The first-order valence-corrected chi connectivity index (χ1v) is 7.72. The lowest BCUT2D eigenvalue weighted by Gasteiger charge is -2.37. The van der Waals surface area contributed by atoms with Crippen LogP contribution >= 0.6 is 0 Å². The number of rotatable bonds is 2. The summed E-state index contributed by atoms with van der Waals surface area (Å²) in [6, 6.07) is 7.45. The molecule has 114 valence electrons. The Kier molecular flexibility index (Phi) is 4.01. The first kappa shape index (κ1) is 14.2. The third-order valence-electron chi connectivity index (χ3n) is 4.63. The van der Waals surface area contributed by atoms with Gasteiger partial charge in [0.25, 0.3) is 0 Å². The number of nitrogens with two attached hydrogens (primary N) is 1. The van der Waals surface area contributed by atoms with Gasteiger partial charge in [0.2, 0.25) is 5.91 Å². The number of carbonyl (C=O) groups is 1. The van der Waals surface area contributed by atoms with Crippen LogP contribution in [0.1, 0.15) is 19.3 Å². The molecule has 2 fully saturated rings. The van der Waals surface area contributed by atoms with Gasteiger partial charge in [-0.15, -0.1) is 0 Å². The van der Waals surface area contributed by atoms with E-state index in [2.05, 4.69) is 4.90 Å². The summed E-state index contributed by atoms with van der Waals surface area (Å²) in [6.07, 6.45) is 2.76. The molecule has 5 heteroatoms. The number of anilines is 1. The highest BCUT2D eigenvalue weighted by molar-refractivity contribution is 5.79. The van der Waals surface area contributed by atoms with Crippen molar-refractivity contribution in [2.45, 2.75) is 25.3 Å². The molecule has 1 aliphatic carbocycles. The van der Waals surface area contributed by atoms with Gasteiger partial charge in [-0.05, 0) is 43.5 Å². The quantitative estimate of drug-likeness (QED) is 0.857. The molecule has 3 N–H and O–H groups in total. The van der Waals surface area contributed by atoms with Gasteiger partial charge in [0.15, 0.2) is 0 Å². The second-order valence-corrected chi connectivity index (χ2v) is 6.10. The summed E-state index contributed by atoms with van der Waals surface area (Å²) >= 11 is 0. The minimum absolute atomic E-state index is 0.139. The Morgan fingerprint density at radius 1 is 1.10 bits per heavy atom. The fraction of sp³-hybridized carbons (Fsp3) is 0.562. The molecule has 1 aromatic carbocycles. The third kappa shape index (κ3) is 3.13. The molecule has 0 spiro atoms. The molecule has 3 rings (SSSR count). The number of carbonyl (C=O) groups excluding carboxylic acids is 1. The van der Waals surface area contributed by atoms with Crippen LogP contribution in [-0.4, -0.2) is 48.1 Å². The molecule has 1 saturated carbocycles. The Hall–Kier alpha value is -1.75. The van der Waals surface area contributed by atoms with Crippen LogP contribution in [0.2, 0.25) is 0 Å². The first-order valence-electron chi connectivity index (χ1n) is 7.72. The van der Waals surface area contributed by atoms with Crippen LogP contribution in [0.3, 0.4) is 0 Å². The number of hydrogen-bond donors (Lipinski definition) is 2. The van der Waals surface area contributed by atoms with Crippen LogP contribution in [0, 0.1) is 5.92 Å². The van der Waals surface area contributed by atoms with Crippen molar-refractivity contribution in [2.75, 3.05) is 31.1 Å². The Balaban J connectivity index is 1.55. The normalized spacial score (nSPS) is 26.1. The van der Waals surface area contributed by atoms with E-state index in [0.29, 0.717) is 0 Å². The van der Waals surface area contributed by atoms with Crippen molar-refractivity contribution in [1.82, 2.24) is 4.90 Å². The lowest BCUT2D eigenvalue weighted by atomic mass is 10.1. The molecule has 5 nitrogen and oxygen atoms in total. The molecule has 1 aliphatic heterocycles. The number of nitrogens with zero attached hydrogens (tertiary/aromatic N) is 2. The molecule has 0 radical (unpaired) electrons. The van der Waals surface area contributed by atoms with E-state index < -0.39 is 0 Å². The Bertz CT molecular complexity index is 495. The molecule has 1 heterocycles. The van der Waals surface area contributed by atoms with Crippen LogP contribution in [0.15, 0.2) is 24.3 Å². The van der Waals surface area contributed by atoms with Gasteiger partial charge in [0.1, 0.15) is 5.75 Å². The van der Waals surface area contributed by atoms with Crippen molar-refractivity contribution in [3.8, 4) is 5.75 Å². The number of piperazine rings is 1. The van der Waals surface area contributed by atoms with Crippen molar-refractivity contribution >= 4 is 11.6 Å². The summed E-state index contributed by atoms with van der Waals surface area (Å²) in [4.78, 5) is 16.7. The lowest BCUT2D eigenvalue weighted by Crippen LogP contribution is -2.50. The average Bonchev–Trinajstić information content (AvgIpc) is 2.94. The smallest absolute Gasteiger partial charge is 0.225 e. The van der Waals surface area contributed by atoms with Crippen molar-refractivity contribution in [1.29, 1.82) is 0 Å². The summed E-state index contributed by atoms with van der Waals surface area (Å²) in [5.41, 5.74) is 7.00. The maximum absolute atomic E-state index is 12.5. The van der Waals surface area contributed by atoms with E-state index in [1.807, 2.05) is 17.0 Å². The van der Waals surface area contributed by atoms with Gasteiger partial charge in [-0.25, -0.2) is 0 Å². The van der Waals surface area contributed by atoms with Crippen LogP contribution in [0.25, 0.3) is 0 Å². The Morgan fingerprint density at radius 3 is 2.33 bits per heavy atom. The first-order chi connectivity index (χ1) is 10.1. The second kappa shape index (κ2) is 5.93. The zero-order chi connectivity index (χ0) is 14.8. The second-order valence-electron chi connectivity index (χ2n) is 6.10. The summed E-state index contributed by atoms with van der Waals surface area (Å²) < 4.78 is 0. The van der Waals surface area contributed by atoms with Crippen molar-refractivity contribution in [3.63, 3.8) is 0 Å². The van der Waals surface area contributed by atoms with Crippen LogP contribution in [0.4, 0.5) is 5.69 Å². The SMILES string of the molecule is NC1CCC(C(=O)N2CCN(c3ccc(O)cc3)CC2)C1.